The minimum atomic E-state index is -0.671. The Kier molecular flexibility index (Phi) is 6.53. The first kappa shape index (κ1) is 18.9. The highest BCUT2D eigenvalue weighted by atomic mass is 32.2. The number of methoxy groups -OCH3 is 2. The Morgan fingerprint density at radius 2 is 2.00 bits per heavy atom. The molecule has 25 heavy (non-hydrogen) atoms. The second kappa shape index (κ2) is 8.62. The van der Waals surface area contributed by atoms with Gasteiger partial charge in [0.1, 0.15) is 5.56 Å². The molecule has 2 rings (SSSR count). The third-order valence-electron chi connectivity index (χ3n) is 3.00. The van der Waals surface area contributed by atoms with Gasteiger partial charge in [-0.3, -0.25) is 20.2 Å². The van der Waals surface area contributed by atoms with Crippen LogP contribution in [0.2, 0.25) is 0 Å². The van der Waals surface area contributed by atoms with Crippen molar-refractivity contribution >= 4 is 39.8 Å². The lowest BCUT2D eigenvalue weighted by Crippen LogP contribution is -2.14. The van der Waals surface area contributed by atoms with Crippen molar-refractivity contribution < 1.29 is 19.2 Å². The summed E-state index contributed by atoms with van der Waals surface area (Å²) >= 11 is 2.74. The van der Waals surface area contributed by atoms with Crippen LogP contribution in [0.15, 0.2) is 16.5 Å². The van der Waals surface area contributed by atoms with Gasteiger partial charge >= 0.3 is 0 Å². The Morgan fingerprint density at radius 1 is 1.32 bits per heavy atom. The summed E-state index contributed by atoms with van der Waals surface area (Å²) in [5.74, 6) is 0.606. The molecule has 0 aliphatic rings. The summed E-state index contributed by atoms with van der Waals surface area (Å²) < 4.78 is 10.9. The molecule has 0 radical (unpaired) electrons. The molecular weight excluding hydrogens is 368 g/mol. The van der Waals surface area contributed by atoms with E-state index >= 15 is 0 Å². The predicted octanol–water partition coefficient (Wildman–Crippen LogP) is 3.22. The van der Waals surface area contributed by atoms with Gasteiger partial charge in [-0.1, -0.05) is 30.0 Å². The largest absolute Gasteiger partial charge is 0.493 e. The summed E-state index contributed by atoms with van der Waals surface area (Å²) in [5, 5.41) is 21.9. The van der Waals surface area contributed by atoms with Crippen LogP contribution < -0.4 is 14.8 Å². The number of nitro groups is 1. The van der Waals surface area contributed by atoms with Gasteiger partial charge < -0.3 is 9.47 Å². The maximum absolute atomic E-state index is 12.5. The number of hydrogen-bond acceptors (Lipinski definition) is 9. The van der Waals surface area contributed by atoms with E-state index < -0.39 is 10.8 Å². The number of carbonyl (C=O) groups is 1. The highest BCUT2D eigenvalue weighted by molar-refractivity contribution is 8.01. The second-order valence-corrected chi connectivity index (χ2v) is 6.98. The average molecular weight is 384 g/mol. The Hall–Kier alpha value is -2.40. The van der Waals surface area contributed by atoms with Crippen LogP contribution >= 0.6 is 23.1 Å². The molecule has 0 saturated carbocycles. The third kappa shape index (κ3) is 4.57. The maximum Gasteiger partial charge on any atom is 0.286 e. The molecule has 0 atom stereocenters. The predicted molar refractivity (Wildman–Crippen MR) is 95.1 cm³/mol. The number of anilines is 1. The van der Waals surface area contributed by atoms with Gasteiger partial charge in [0, 0.05) is 11.8 Å². The zero-order chi connectivity index (χ0) is 18.4. The summed E-state index contributed by atoms with van der Waals surface area (Å²) in [7, 11) is 2.74. The van der Waals surface area contributed by atoms with Gasteiger partial charge in [-0.15, -0.1) is 10.2 Å². The van der Waals surface area contributed by atoms with E-state index in [2.05, 4.69) is 15.5 Å². The van der Waals surface area contributed by atoms with Crippen LogP contribution in [-0.4, -0.2) is 41.0 Å². The van der Waals surface area contributed by atoms with Crippen molar-refractivity contribution in [1.82, 2.24) is 10.2 Å². The van der Waals surface area contributed by atoms with Crippen LogP contribution in [0.1, 0.15) is 23.7 Å². The number of nitro benzene ring substituents is 1. The fourth-order valence-electron chi connectivity index (χ4n) is 1.87. The van der Waals surface area contributed by atoms with Crippen molar-refractivity contribution in [2.45, 2.75) is 17.7 Å². The summed E-state index contributed by atoms with van der Waals surface area (Å²) in [6, 6.07) is 2.41. The molecule has 1 amide bonds. The van der Waals surface area contributed by atoms with E-state index in [1.807, 2.05) is 6.92 Å². The topological polar surface area (TPSA) is 116 Å². The molecule has 0 unspecified atom stereocenters. The number of nitrogens with zero attached hydrogens (tertiary/aromatic N) is 3. The normalized spacial score (nSPS) is 10.4. The average Bonchev–Trinajstić information content (AvgIpc) is 3.05. The lowest BCUT2D eigenvalue weighted by molar-refractivity contribution is -0.385. The number of hydrogen-bond donors (Lipinski definition) is 1. The zero-order valence-corrected chi connectivity index (χ0v) is 15.4. The van der Waals surface area contributed by atoms with Gasteiger partial charge in [0.2, 0.25) is 5.13 Å². The number of amides is 1. The van der Waals surface area contributed by atoms with Crippen molar-refractivity contribution in [3.8, 4) is 11.5 Å². The molecule has 0 aliphatic heterocycles. The summed E-state index contributed by atoms with van der Waals surface area (Å²) in [5.41, 5.74) is -0.541. The fraction of sp³-hybridized carbons (Fsp3) is 0.357. The summed E-state index contributed by atoms with van der Waals surface area (Å²) in [6.45, 7) is 2.05. The van der Waals surface area contributed by atoms with Crippen molar-refractivity contribution in [1.29, 1.82) is 0 Å². The minimum Gasteiger partial charge on any atom is -0.493 e. The fourth-order valence-corrected chi connectivity index (χ4v) is 3.55. The van der Waals surface area contributed by atoms with Crippen molar-refractivity contribution in [2.24, 2.45) is 0 Å². The van der Waals surface area contributed by atoms with Crippen molar-refractivity contribution in [2.75, 3.05) is 25.3 Å². The van der Waals surface area contributed by atoms with Crippen LogP contribution in [0.25, 0.3) is 0 Å². The highest BCUT2D eigenvalue weighted by Crippen LogP contribution is 2.35. The molecule has 1 aromatic heterocycles. The molecule has 0 aliphatic carbocycles. The van der Waals surface area contributed by atoms with Crippen LogP contribution in [0.5, 0.6) is 11.5 Å². The molecule has 1 heterocycles. The number of nitrogens with one attached hydrogen (secondary N) is 1. The summed E-state index contributed by atoms with van der Waals surface area (Å²) in [4.78, 5) is 23.1. The Labute approximate surface area is 151 Å². The smallest absolute Gasteiger partial charge is 0.286 e. The number of ether oxygens (including phenoxy) is 2. The van der Waals surface area contributed by atoms with E-state index in [4.69, 9.17) is 9.47 Å². The van der Waals surface area contributed by atoms with E-state index in [1.165, 1.54) is 43.4 Å². The number of rotatable bonds is 8. The van der Waals surface area contributed by atoms with Gasteiger partial charge in [0.15, 0.2) is 15.8 Å². The lowest BCUT2D eigenvalue weighted by Gasteiger charge is -2.10. The second-order valence-electron chi connectivity index (χ2n) is 4.66. The van der Waals surface area contributed by atoms with Crippen LogP contribution in [-0.2, 0) is 0 Å². The van der Waals surface area contributed by atoms with Crippen molar-refractivity contribution in [3.05, 3.63) is 27.8 Å². The Bertz CT molecular complexity index is 781. The van der Waals surface area contributed by atoms with Crippen LogP contribution in [0, 0.1) is 10.1 Å². The van der Waals surface area contributed by atoms with Crippen LogP contribution in [0.4, 0.5) is 10.8 Å². The van der Waals surface area contributed by atoms with Crippen molar-refractivity contribution in [3.63, 3.8) is 0 Å². The zero-order valence-electron chi connectivity index (χ0n) is 13.8. The van der Waals surface area contributed by atoms with Gasteiger partial charge in [0.05, 0.1) is 25.2 Å². The molecule has 0 spiro atoms. The molecule has 11 heteroatoms. The molecule has 2 aromatic rings. The lowest BCUT2D eigenvalue weighted by atomic mass is 10.1. The molecule has 134 valence electrons. The molecule has 0 fully saturated rings. The SMILES string of the molecule is CCCSc1nnc(NC(=O)c2cc(OC)c(OC)cc2[N+](=O)[O-])s1. The first-order valence-corrected chi connectivity index (χ1v) is 8.98. The third-order valence-corrected chi connectivity index (χ3v) is 5.18. The number of carbonyl (C=O) groups excluding carboxylic acids is 1. The van der Waals surface area contributed by atoms with E-state index in [-0.39, 0.29) is 27.9 Å². The highest BCUT2D eigenvalue weighted by Gasteiger charge is 2.25. The standard InChI is InChI=1S/C14H16N4O5S2/c1-4-5-24-14-17-16-13(25-14)15-12(19)8-6-10(22-2)11(23-3)7-9(8)18(20)21/h6-7H,4-5H2,1-3H3,(H,15,16,19). The van der Waals surface area contributed by atoms with E-state index in [0.717, 1.165) is 22.6 Å². The molecule has 9 nitrogen and oxygen atoms in total. The van der Waals surface area contributed by atoms with Gasteiger partial charge in [-0.05, 0) is 6.42 Å². The number of thioether (sulfide) groups is 1. The quantitative estimate of drug-likeness (QED) is 0.319. The van der Waals surface area contributed by atoms with E-state index in [9.17, 15) is 14.9 Å². The van der Waals surface area contributed by atoms with E-state index in [0.29, 0.717) is 0 Å². The number of aromatic nitrogens is 2. The van der Waals surface area contributed by atoms with E-state index in [1.54, 1.807) is 0 Å². The van der Waals surface area contributed by atoms with Crippen LogP contribution in [0.3, 0.4) is 0 Å². The molecule has 0 saturated heterocycles. The monoisotopic (exact) mass is 384 g/mol. The maximum atomic E-state index is 12.5. The summed E-state index contributed by atoms with van der Waals surface area (Å²) in [6.07, 6.45) is 0.990. The molecule has 1 N–H and O–H groups in total. The Morgan fingerprint density at radius 3 is 2.60 bits per heavy atom. The van der Waals surface area contributed by atoms with Gasteiger partial charge in [-0.25, -0.2) is 0 Å². The Balaban J connectivity index is 2.28. The first-order valence-electron chi connectivity index (χ1n) is 7.18. The minimum absolute atomic E-state index is 0.152. The van der Waals surface area contributed by atoms with Gasteiger partial charge in [-0.2, -0.15) is 0 Å². The molecule has 1 aromatic carbocycles. The number of benzene rings is 1. The molecular formula is C14H16N4O5S2. The van der Waals surface area contributed by atoms with Gasteiger partial charge in [0.25, 0.3) is 11.6 Å². The first-order chi connectivity index (χ1) is 12.0. The molecule has 0 bridgehead atoms.